The monoisotopic (exact) mass is 446 g/mol. The summed E-state index contributed by atoms with van der Waals surface area (Å²) in [6.07, 6.45) is -0.160. The van der Waals surface area contributed by atoms with Crippen LogP contribution in [-0.2, 0) is 53.3 Å². The number of benzene rings is 2. The summed E-state index contributed by atoms with van der Waals surface area (Å²) in [5, 5.41) is 17.9. The van der Waals surface area contributed by atoms with Crippen LogP contribution >= 0.6 is 0 Å². The van der Waals surface area contributed by atoms with Crippen LogP contribution in [0.15, 0.2) is 48.5 Å². The molecule has 2 N–H and O–H groups in total. The van der Waals surface area contributed by atoms with Gasteiger partial charge < -0.3 is 9.47 Å². The van der Waals surface area contributed by atoms with Crippen LogP contribution in [0.5, 0.6) is 0 Å². The van der Waals surface area contributed by atoms with Crippen LogP contribution in [0.2, 0.25) is 0 Å². The highest BCUT2D eigenvalue weighted by atomic mass is 17.1. The van der Waals surface area contributed by atoms with E-state index in [4.69, 9.17) is 20.0 Å². The van der Waals surface area contributed by atoms with E-state index in [-0.39, 0.29) is 26.1 Å². The average molecular weight is 446 g/mol. The Hall–Kier alpha value is -2.78. The highest BCUT2D eigenvalue weighted by Crippen LogP contribution is 2.24. The molecule has 8 heteroatoms. The summed E-state index contributed by atoms with van der Waals surface area (Å²) in [4.78, 5) is 32.7. The minimum Gasteiger partial charge on any atom is -0.461 e. The van der Waals surface area contributed by atoms with Crippen molar-refractivity contribution in [1.29, 1.82) is 0 Å². The van der Waals surface area contributed by atoms with E-state index in [2.05, 4.69) is 9.78 Å². The van der Waals surface area contributed by atoms with Crippen LogP contribution in [0.1, 0.15) is 62.8 Å². The van der Waals surface area contributed by atoms with Gasteiger partial charge in [-0.2, -0.15) is 0 Å². The molecule has 0 spiro atoms. The topological polar surface area (TPSA) is 112 Å². The third-order valence-corrected chi connectivity index (χ3v) is 5.09. The second-order valence-corrected chi connectivity index (χ2v) is 8.42. The zero-order chi connectivity index (χ0) is 23.8. The van der Waals surface area contributed by atoms with Crippen molar-refractivity contribution in [2.45, 2.75) is 65.0 Å². The van der Waals surface area contributed by atoms with Gasteiger partial charge in [-0.05, 0) is 49.9 Å². The highest BCUT2D eigenvalue weighted by Gasteiger charge is 2.22. The normalized spacial score (nSPS) is 11.8. The predicted molar refractivity (Wildman–Crippen MR) is 115 cm³/mol. The Bertz CT molecular complexity index is 810. The molecule has 0 saturated carbocycles. The number of rotatable bonds is 11. The van der Waals surface area contributed by atoms with Crippen LogP contribution in [-0.4, -0.2) is 22.5 Å². The SMILES string of the molecule is CC(C)(OO)c1ccc(COC(=O)CCC(=O)OCc2ccc(C(C)(C)OO)cc2)cc1. The van der Waals surface area contributed by atoms with Crippen LogP contribution < -0.4 is 0 Å². The summed E-state index contributed by atoms with van der Waals surface area (Å²) in [6, 6.07) is 14.2. The second-order valence-electron chi connectivity index (χ2n) is 8.42. The molecule has 0 radical (unpaired) electrons. The minimum atomic E-state index is -0.831. The molecule has 8 nitrogen and oxygen atoms in total. The van der Waals surface area contributed by atoms with Crippen molar-refractivity contribution in [3.8, 4) is 0 Å². The molecule has 174 valence electrons. The van der Waals surface area contributed by atoms with E-state index in [9.17, 15) is 9.59 Å². The molecule has 0 aliphatic rings. The van der Waals surface area contributed by atoms with E-state index in [1.54, 1.807) is 76.2 Å². The molecule has 0 unspecified atom stereocenters. The van der Waals surface area contributed by atoms with Gasteiger partial charge in [-0.15, -0.1) is 0 Å². The first-order valence-electron chi connectivity index (χ1n) is 10.2. The van der Waals surface area contributed by atoms with Crippen molar-refractivity contribution in [1.82, 2.24) is 0 Å². The summed E-state index contributed by atoms with van der Waals surface area (Å²) < 4.78 is 10.4. The average Bonchev–Trinajstić information content (AvgIpc) is 2.80. The number of ether oxygens (including phenoxy) is 2. The van der Waals surface area contributed by atoms with Gasteiger partial charge in [0, 0.05) is 0 Å². The fourth-order valence-corrected chi connectivity index (χ4v) is 2.79. The van der Waals surface area contributed by atoms with Gasteiger partial charge in [-0.3, -0.25) is 20.1 Å². The van der Waals surface area contributed by atoms with Gasteiger partial charge in [0.1, 0.15) is 24.4 Å². The lowest BCUT2D eigenvalue weighted by Gasteiger charge is -2.21. The van der Waals surface area contributed by atoms with E-state index in [0.717, 1.165) is 22.3 Å². The summed E-state index contributed by atoms with van der Waals surface area (Å²) in [7, 11) is 0. The van der Waals surface area contributed by atoms with Crippen molar-refractivity contribution < 1.29 is 39.4 Å². The van der Waals surface area contributed by atoms with E-state index < -0.39 is 23.1 Å². The van der Waals surface area contributed by atoms with Gasteiger partial charge >= 0.3 is 11.9 Å². The maximum Gasteiger partial charge on any atom is 0.306 e. The van der Waals surface area contributed by atoms with Crippen LogP contribution in [0.4, 0.5) is 0 Å². The van der Waals surface area contributed by atoms with Gasteiger partial charge in [-0.1, -0.05) is 48.5 Å². The van der Waals surface area contributed by atoms with Crippen molar-refractivity contribution in [2.75, 3.05) is 0 Å². The van der Waals surface area contributed by atoms with Gasteiger partial charge in [0.05, 0.1) is 12.8 Å². The van der Waals surface area contributed by atoms with Gasteiger partial charge in [0.2, 0.25) is 0 Å². The standard InChI is InChI=1S/C24H30O8/c1-23(2,31-27)19-9-5-17(6-10-19)15-29-21(25)13-14-22(26)30-16-18-7-11-20(12-8-18)24(3,4)32-28/h5-12,27-28H,13-16H2,1-4H3. The van der Waals surface area contributed by atoms with Crippen LogP contribution in [0.3, 0.4) is 0 Å². The molecule has 32 heavy (non-hydrogen) atoms. The lowest BCUT2D eigenvalue weighted by atomic mass is 9.97. The summed E-state index contributed by atoms with van der Waals surface area (Å²) in [5.74, 6) is -0.999. The summed E-state index contributed by atoms with van der Waals surface area (Å²) in [5.41, 5.74) is 1.44. The lowest BCUT2D eigenvalue weighted by Crippen LogP contribution is -2.19. The van der Waals surface area contributed by atoms with Crippen molar-refractivity contribution in [3.63, 3.8) is 0 Å². The summed E-state index contributed by atoms with van der Waals surface area (Å²) in [6.45, 7) is 7.06. The van der Waals surface area contributed by atoms with Gasteiger partial charge in [0.25, 0.3) is 0 Å². The van der Waals surface area contributed by atoms with Crippen LogP contribution in [0, 0.1) is 0 Å². The molecule has 0 saturated heterocycles. The molecule has 0 fully saturated rings. The molecular weight excluding hydrogens is 416 g/mol. The third kappa shape index (κ3) is 7.42. The lowest BCUT2D eigenvalue weighted by molar-refractivity contribution is -0.318. The van der Waals surface area contributed by atoms with Crippen LogP contribution in [0.25, 0.3) is 0 Å². The molecule has 0 atom stereocenters. The molecule has 0 aromatic heterocycles. The maximum absolute atomic E-state index is 11.9. The molecule has 2 aromatic carbocycles. The van der Waals surface area contributed by atoms with Crippen molar-refractivity contribution >= 4 is 11.9 Å². The molecule has 0 heterocycles. The maximum atomic E-state index is 11.9. The van der Waals surface area contributed by atoms with E-state index in [1.165, 1.54) is 0 Å². The predicted octanol–water partition coefficient (Wildman–Crippen LogP) is 4.70. The first kappa shape index (κ1) is 25.5. The molecule has 0 aliphatic heterocycles. The Morgan fingerprint density at radius 2 is 0.969 bits per heavy atom. The Morgan fingerprint density at radius 1 is 0.656 bits per heavy atom. The number of carbonyl (C=O) groups is 2. The molecule has 0 aliphatic carbocycles. The Morgan fingerprint density at radius 3 is 1.25 bits per heavy atom. The molecule has 0 amide bonds. The largest absolute Gasteiger partial charge is 0.461 e. The minimum absolute atomic E-state index is 0.0782. The Kier molecular flexibility index (Phi) is 8.91. The van der Waals surface area contributed by atoms with Crippen molar-refractivity contribution in [3.05, 3.63) is 70.8 Å². The highest BCUT2D eigenvalue weighted by molar-refractivity contribution is 5.77. The molecule has 0 bridgehead atoms. The quantitative estimate of drug-likeness (QED) is 0.290. The smallest absolute Gasteiger partial charge is 0.306 e. The first-order valence-corrected chi connectivity index (χ1v) is 10.2. The number of hydrogen-bond acceptors (Lipinski definition) is 8. The first-order chi connectivity index (χ1) is 15.1. The zero-order valence-electron chi connectivity index (χ0n) is 18.8. The number of hydrogen-bond donors (Lipinski definition) is 2. The Labute approximate surface area is 187 Å². The molecular formula is C24H30O8. The molecule has 2 rings (SSSR count). The van der Waals surface area contributed by atoms with E-state index in [0.29, 0.717) is 0 Å². The number of carbonyl (C=O) groups excluding carboxylic acids is 2. The second kappa shape index (κ2) is 11.2. The third-order valence-electron chi connectivity index (χ3n) is 5.09. The zero-order valence-corrected chi connectivity index (χ0v) is 18.8. The van der Waals surface area contributed by atoms with Gasteiger partial charge in [-0.25, -0.2) is 9.78 Å². The Balaban J connectivity index is 1.71. The molecule has 2 aromatic rings. The van der Waals surface area contributed by atoms with E-state index >= 15 is 0 Å². The number of esters is 2. The van der Waals surface area contributed by atoms with E-state index in [1.807, 2.05) is 0 Å². The van der Waals surface area contributed by atoms with Gasteiger partial charge in [0.15, 0.2) is 0 Å². The summed E-state index contributed by atoms with van der Waals surface area (Å²) >= 11 is 0. The van der Waals surface area contributed by atoms with Crippen molar-refractivity contribution in [2.24, 2.45) is 0 Å². The fraction of sp³-hybridized carbons (Fsp3) is 0.417. The fourth-order valence-electron chi connectivity index (χ4n) is 2.79.